The number of guanidine groups is 1. The van der Waals surface area contributed by atoms with E-state index in [1.54, 1.807) is 25.5 Å². The maximum Gasteiger partial charge on any atom is 0.191 e. The van der Waals surface area contributed by atoms with Gasteiger partial charge in [0.05, 0.1) is 23.5 Å². The third-order valence-corrected chi connectivity index (χ3v) is 5.63. The number of nitrogens with one attached hydrogen (secondary N) is 2. The Balaban J connectivity index is 1.51. The number of thiazole rings is 1. The van der Waals surface area contributed by atoms with Crippen LogP contribution in [0.3, 0.4) is 0 Å². The molecule has 2 N–H and O–H groups in total. The Morgan fingerprint density at radius 3 is 3.04 bits per heavy atom. The minimum Gasteiger partial charge on any atom is -0.495 e. The first kappa shape index (κ1) is 19.8. The van der Waals surface area contributed by atoms with Gasteiger partial charge in [0.15, 0.2) is 5.96 Å². The number of rotatable bonds is 6. The lowest BCUT2D eigenvalue weighted by molar-refractivity contribution is 0.415. The summed E-state index contributed by atoms with van der Waals surface area (Å²) in [7, 11) is 3.49. The third kappa shape index (κ3) is 5.26. The van der Waals surface area contributed by atoms with Crippen molar-refractivity contribution < 1.29 is 4.74 Å². The molecule has 6 nitrogen and oxygen atoms in total. The fraction of sp³-hybridized carbons (Fsp3) is 0.474. The molecule has 2 aromatic rings. The number of benzene rings is 1. The van der Waals surface area contributed by atoms with Crippen LogP contribution >= 0.6 is 22.9 Å². The maximum absolute atomic E-state index is 6.17. The molecule has 1 atom stereocenters. The number of hydrogen-bond acceptors (Lipinski definition) is 5. The van der Waals surface area contributed by atoms with Crippen molar-refractivity contribution in [3.8, 4) is 5.75 Å². The van der Waals surface area contributed by atoms with Crippen LogP contribution in [0, 0.1) is 6.92 Å². The second-order valence-electron chi connectivity index (χ2n) is 6.50. The number of aliphatic imine (C=N–C) groups is 1. The Labute approximate surface area is 169 Å². The van der Waals surface area contributed by atoms with Crippen LogP contribution in [0.25, 0.3) is 0 Å². The highest BCUT2D eigenvalue weighted by Gasteiger charge is 2.25. The highest BCUT2D eigenvalue weighted by molar-refractivity contribution is 7.09. The molecule has 2 heterocycles. The van der Waals surface area contributed by atoms with Crippen molar-refractivity contribution in [3.05, 3.63) is 39.3 Å². The molecule has 1 saturated heterocycles. The predicted octanol–water partition coefficient (Wildman–Crippen LogP) is 3.10. The molecule has 1 aromatic carbocycles. The summed E-state index contributed by atoms with van der Waals surface area (Å²) in [5.74, 6) is 1.67. The number of ether oxygens (including phenoxy) is 1. The average molecular weight is 408 g/mol. The van der Waals surface area contributed by atoms with E-state index in [9.17, 15) is 0 Å². The fourth-order valence-electron chi connectivity index (χ4n) is 3.23. The largest absolute Gasteiger partial charge is 0.495 e. The van der Waals surface area contributed by atoms with E-state index in [1.165, 1.54) is 0 Å². The highest BCUT2D eigenvalue weighted by Crippen LogP contribution is 2.33. The van der Waals surface area contributed by atoms with Crippen LogP contribution in [0.15, 0.2) is 28.6 Å². The highest BCUT2D eigenvalue weighted by atomic mass is 35.5. The molecule has 27 heavy (non-hydrogen) atoms. The van der Waals surface area contributed by atoms with E-state index in [4.69, 9.17) is 16.3 Å². The van der Waals surface area contributed by atoms with E-state index in [0.29, 0.717) is 6.04 Å². The summed E-state index contributed by atoms with van der Waals surface area (Å²) in [6.45, 7) is 4.66. The fourth-order valence-corrected chi connectivity index (χ4v) is 4.04. The van der Waals surface area contributed by atoms with Gasteiger partial charge >= 0.3 is 0 Å². The predicted molar refractivity (Wildman–Crippen MR) is 114 cm³/mol. The van der Waals surface area contributed by atoms with Gasteiger partial charge in [0, 0.05) is 49.5 Å². The van der Waals surface area contributed by atoms with Gasteiger partial charge < -0.3 is 20.3 Å². The van der Waals surface area contributed by atoms with Crippen LogP contribution < -0.4 is 20.3 Å². The van der Waals surface area contributed by atoms with Gasteiger partial charge in [-0.25, -0.2) is 4.98 Å². The molecular weight excluding hydrogens is 382 g/mol. The van der Waals surface area contributed by atoms with Gasteiger partial charge in [0.2, 0.25) is 0 Å². The minimum atomic E-state index is 0.321. The number of aryl methyl sites for hydroxylation is 1. The van der Waals surface area contributed by atoms with Gasteiger partial charge in [0.25, 0.3) is 0 Å². The van der Waals surface area contributed by atoms with Crippen molar-refractivity contribution in [1.82, 2.24) is 15.6 Å². The van der Waals surface area contributed by atoms with Crippen molar-refractivity contribution in [2.75, 3.05) is 38.7 Å². The van der Waals surface area contributed by atoms with Crippen LogP contribution in [0.2, 0.25) is 5.02 Å². The van der Waals surface area contributed by atoms with Crippen molar-refractivity contribution in [2.45, 2.75) is 25.8 Å². The van der Waals surface area contributed by atoms with Crippen LogP contribution in [0.1, 0.15) is 17.1 Å². The van der Waals surface area contributed by atoms with Crippen LogP contribution in [0.4, 0.5) is 5.69 Å². The van der Waals surface area contributed by atoms with Crippen molar-refractivity contribution >= 4 is 34.6 Å². The van der Waals surface area contributed by atoms with Crippen LogP contribution in [-0.2, 0) is 6.42 Å². The number of methoxy groups -OCH3 is 1. The first-order chi connectivity index (χ1) is 13.1. The lowest BCUT2D eigenvalue weighted by Gasteiger charge is -2.22. The van der Waals surface area contributed by atoms with Gasteiger partial charge in [-0.05, 0) is 31.5 Å². The normalized spacial score (nSPS) is 17.3. The Kier molecular flexibility index (Phi) is 6.79. The Hall–Kier alpha value is -1.99. The van der Waals surface area contributed by atoms with Gasteiger partial charge in [-0.3, -0.25) is 4.99 Å². The maximum atomic E-state index is 6.17. The molecule has 0 saturated carbocycles. The Bertz CT molecular complexity index is 794. The summed E-state index contributed by atoms with van der Waals surface area (Å²) in [6, 6.07) is 6.05. The smallest absolute Gasteiger partial charge is 0.191 e. The standard InChI is InChI=1S/C19H26ClN5OS/c1-13-23-16(12-27-13)6-8-22-19(21-2)24-15-7-9-25(11-15)17-10-14(20)4-5-18(17)26-3/h4-5,10,12,15H,6-9,11H2,1-3H3,(H2,21,22,24). The van der Waals surface area contributed by atoms with E-state index in [0.717, 1.165) is 65.6 Å². The van der Waals surface area contributed by atoms with Gasteiger partial charge in [-0.2, -0.15) is 0 Å². The molecule has 0 radical (unpaired) electrons. The summed E-state index contributed by atoms with van der Waals surface area (Å²) in [5.41, 5.74) is 2.16. The number of hydrogen-bond donors (Lipinski definition) is 2. The molecule has 0 spiro atoms. The van der Waals surface area contributed by atoms with Crippen LogP contribution in [0.5, 0.6) is 5.75 Å². The molecule has 1 aliphatic rings. The molecule has 146 valence electrons. The Morgan fingerprint density at radius 1 is 1.48 bits per heavy atom. The SMILES string of the molecule is CN=C(NCCc1csc(C)n1)NC1CCN(c2cc(Cl)ccc2OC)C1. The summed E-state index contributed by atoms with van der Waals surface area (Å²) < 4.78 is 5.49. The first-order valence-electron chi connectivity index (χ1n) is 9.05. The summed E-state index contributed by atoms with van der Waals surface area (Å²) >= 11 is 7.86. The molecule has 3 rings (SSSR count). The van der Waals surface area contributed by atoms with E-state index in [1.807, 2.05) is 25.1 Å². The van der Waals surface area contributed by atoms with Crippen molar-refractivity contribution in [2.24, 2.45) is 4.99 Å². The summed E-state index contributed by atoms with van der Waals surface area (Å²) in [5, 5.41) is 10.8. The monoisotopic (exact) mass is 407 g/mol. The minimum absolute atomic E-state index is 0.321. The average Bonchev–Trinajstić information content (AvgIpc) is 3.30. The van der Waals surface area contributed by atoms with Crippen molar-refractivity contribution in [1.29, 1.82) is 0 Å². The van der Waals surface area contributed by atoms with E-state index >= 15 is 0 Å². The summed E-state index contributed by atoms with van der Waals surface area (Å²) in [6.07, 6.45) is 1.92. The number of nitrogens with zero attached hydrogens (tertiary/aromatic N) is 3. The quantitative estimate of drug-likeness (QED) is 0.569. The second kappa shape index (κ2) is 9.28. The number of anilines is 1. The van der Waals surface area contributed by atoms with Crippen molar-refractivity contribution in [3.63, 3.8) is 0 Å². The molecule has 0 bridgehead atoms. The zero-order valence-corrected chi connectivity index (χ0v) is 17.5. The Morgan fingerprint density at radius 2 is 2.33 bits per heavy atom. The molecular formula is C19H26ClN5OS. The zero-order chi connectivity index (χ0) is 19.2. The lowest BCUT2D eigenvalue weighted by atomic mass is 10.2. The molecule has 1 fully saturated rings. The topological polar surface area (TPSA) is 61.8 Å². The van der Waals surface area contributed by atoms with Gasteiger partial charge in [-0.1, -0.05) is 11.6 Å². The van der Waals surface area contributed by atoms with Gasteiger partial charge in [0.1, 0.15) is 5.75 Å². The van der Waals surface area contributed by atoms with E-state index in [-0.39, 0.29) is 0 Å². The second-order valence-corrected chi connectivity index (χ2v) is 8.00. The molecule has 0 aliphatic carbocycles. The zero-order valence-electron chi connectivity index (χ0n) is 16.0. The molecule has 1 aliphatic heterocycles. The molecule has 8 heteroatoms. The van der Waals surface area contributed by atoms with E-state index < -0.39 is 0 Å². The lowest BCUT2D eigenvalue weighted by Crippen LogP contribution is -2.45. The molecule has 1 unspecified atom stereocenters. The van der Waals surface area contributed by atoms with Gasteiger partial charge in [-0.15, -0.1) is 11.3 Å². The number of aromatic nitrogens is 1. The first-order valence-corrected chi connectivity index (χ1v) is 10.3. The van der Waals surface area contributed by atoms with Crippen LogP contribution in [-0.4, -0.2) is 50.8 Å². The van der Waals surface area contributed by atoms with E-state index in [2.05, 4.69) is 30.9 Å². The third-order valence-electron chi connectivity index (χ3n) is 4.57. The molecule has 0 amide bonds. The number of halogens is 1. The molecule has 1 aromatic heterocycles. The summed E-state index contributed by atoms with van der Waals surface area (Å²) in [4.78, 5) is 11.1.